The van der Waals surface area contributed by atoms with Crippen LogP contribution in [0.4, 0.5) is 11.4 Å². The van der Waals surface area contributed by atoms with Crippen molar-refractivity contribution >= 4 is 29.1 Å². The Kier molecular flexibility index (Phi) is 7.05. The number of carbonyl (C=O) groups is 3. The number of anilines is 2. The van der Waals surface area contributed by atoms with Gasteiger partial charge in [-0.2, -0.15) is 0 Å². The summed E-state index contributed by atoms with van der Waals surface area (Å²) >= 11 is 0. The molecule has 2 aromatic rings. The lowest BCUT2D eigenvalue weighted by Gasteiger charge is -2.37. The number of nitrogens with one attached hydrogen (secondary N) is 2. The molecule has 2 N–H and O–H groups in total. The van der Waals surface area contributed by atoms with E-state index in [9.17, 15) is 14.4 Å². The number of benzene rings is 1. The van der Waals surface area contributed by atoms with Crippen LogP contribution in [0.5, 0.6) is 0 Å². The Hall–Kier alpha value is -3.26. The van der Waals surface area contributed by atoms with Crippen LogP contribution in [0.3, 0.4) is 0 Å². The van der Waals surface area contributed by atoms with Gasteiger partial charge < -0.3 is 15.5 Å². The van der Waals surface area contributed by atoms with E-state index in [1.807, 2.05) is 30.0 Å². The first-order valence-corrected chi connectivity index (χ1v) is 13.1. The van der Waals surface area contributed by atoms with Gasteiger partial charge in [-0.1, -0.05) is 25.8 Å². The minimum Gasteiger partial charge on any atom is -0.345 e. The molecule has 2 fully saturated rings. The fraction of sp³-hybridized carbons (Fsp3) is 0.500. The third kappa shape index (κ3) is 5.28. The van der Waals surface area contributed by atoms with Crippen molar-refractivity contribution in [2.24, 2.45) is 5.92 Å². The first-order chi connectivity index (χ1) is 17.4. The highest BCUT2D eigenvalue weighted by atomic mass is 16.2. The van der Waals surface area contributed by atoms with Crippen molar-refractivity contribution in [1.29, 1.82) is 0 Å². The number of carbonyl (C=O) groups excluding carboxylic acids is 3. The Bertz CT molecular complexity index is 1130. The quantitative estimate of drug-likeness (QED) is 0.620. The maximum Gasteiger partial charge on any atom is 0.251 e. The van der Waals surface area contributed by atoms with E-state index in [2.05, 4.69) is 22.5 Å². The summed E-state index contributed by atoms with van der Waals surface area (Å²) in [6.07, 6.45) is 9.91. The maximum atomic E-state index is 13.4. The smallest absolute Gasteiger partial charge is 0.251 e. The number of aromatic nitrogens is 1. The molecule has 3 aliphatic rings. The van der Waals surface area contributed by atoms with Gasteiger partial charge in [-0.05, 0) is 68.4 Å². The SMILES string of the molecule is CC1CCCC(NCC(=O)N2CC(=O)N(C3CC3)c3ccc(C(=O)NC(C)c4cccnc4)cc32)C1. The van der Waals surface area contributed by atoms with Gasteiger partial charge >= 0.3 is 0 Å². The number of fused-ring (bicyclic) bond motifs is 1. The number of hydrogen-bond donors (Lipinski definition) is 2. The summed E-state index contributed by atoms with van der Waals surface area (Å²) in [6.45, 7) is 4.35. The normalized spacial score (nSPS) is 22.7. The molecule has 36 heavy (non-hydrogen) atoms. The van der Waals surface area contributed by atoms with Gasteiger partial charge in [-0.25, -0.2) is 0 Å². The van der Waals surface area contributed by atoms with Crippen LogP contribution in [0.1, 0.15) is 74.3 Å². The van der Waals surface area contributed by atoms with Gasteiger partial charge in [-0.3, -0.25) is 24.3 Å². The lowest BCUT2D eigenvalue weighted by molar-refractivity contribution is -0.122. The fourth-order valence-electron chi connectivity index (χ4n) is 5.41. The van der Waals surface area contributed by atoms with Crippen LogP contribution in [0.2, 0.25) is 0 Å². The molecule has 8 heteroatoms. The van der Waals surface area contributed by atoms with E-state index in [1.165, 1.54) is 12.8 Å². The van der Waals surface area contributed by atoms with E-state index in [0.717, 1.165) is 31.2 Å². The monoisotopic (exact) mass is 489 g/mol. The predicted molar refractivity (Wildman–Crippen MR) is 139 cm³/mol. The molecule has 3 atom stereocenters. The lowest BCUT2D eigenvalue weighted by atomic mass is 9.87. The molecule has 190 valence electrons. The molecule has 0 bridgehead atoms. The summed E-state index contributed by atoms with van der Waals surface area (Å²) in [6, 6.07) is 9.35. The number of hydrogen-bond acceptors (Lipinski definition) is 5. The summed E-state index contributed by atoms with van der Waals surface area (Å²) in [5.74, 6) is 0.225. The minimum absolute atomic E-state index is 0.00222. The Morgan fingerprint density at radius 3 is 2.69 bits per heavy atom. The number of amides is 3. The van der Waals surface area contributed by atoms with Crippen LogP contribution in [-0.2, 0) is 9.59 Å². The van der Waals surface area contributed by atoms with E-state index >= 15 is 0 Å². The lowest BCUT2D eigenvalue weighted by Crippen LogP contribution is -2.52. The molecule has 1 aromatic carbocycles. The van der Waals surface area contributed by atoms with Gasteiger partial charge in [0.25, 0.3) is 5.91 Å². The van der Waals surface area contributed by atoms with Crippen LogP contribution in [0.25, 0.3) is 0 Å². The van der Waals surface area contributed by atoms with Gasteiger partial charge in [0.1, 0.15) is 6.54 Å². The summed E-state index contributed by atoms with van der Waals surface area (Å²) in [5, 5.41) is 6.44. The molecular weight excluding hydrogens is 454 g/mol. The van der Waals surface area contributed by atoms with Crippen LogP contribution in [0.15, 0.2) is 42.7 Å². The Morgan fingerprint density at radius 1 is 1.14 bits per heavy atom. The second-order valence-electron chi connectivity index (χ2n) is 10.5. The molecule has 1 aliphatic heterocycles. The molecule has 0 saturated heterocycles. The molecule has 2 aliphatic carbocycles. The van der Waals surface area contributed by atoms with Crippen molar-refractivity contribution in [3.8, 4) is 0 Å². The maximum absolute atomic E-state index is 13.4. The zero-order valence-electron chi connectivity index (χ0n) is 21.1. The topological polar surface area (TPSA) is 94.6 Å². The molecule has 0 radical (unpaired) electrons. The zero-order chi connectivity index (χ0) is 25.2. The molecule has 1 aromatic heterocycles. The van der Waals surface area contributed by atoms with Crippen LogP contribution in [0, 0.1) is 5.92 Å². The standard InChI is InChI=1S/C28H35N5O3/c1-18-5-3-7-22(13-18)30-16-26(34)32-17-27(35)33(23-9-10-23)24-11-8-20(14-25(24)32)28(36)31-19(2)21-6-4-12-29-15-21/h4,6,8,11-12,14-15,18-19,22-23,30H,3,5,7,9-10,13,16-17H2,1-2H3,(H,31,36). The second kappa shape index (κ2) is 10.4. The minimum atomic E-state index is -0.231. The van der Waals surface area contributed by atoms with E-state index in [-0.39, 0.29) is 42.9 Å². The average molecular weight is 490 g/mol. The summed E-state index contributed by atoms with van der Waals surface area (Å²) in [4.78, 5) is 47.0. The van der Waals surface area contributed by atoms with Crippen molar-refractivity contribution in [2.75, 3.05) is 22.9 Å². The van der Waals surface area contributed by atoms with Crippen molar-refractivity contribution in [3.05, 3.63) is 53.9 Å². The largest absolute Gasteiger partial charge is 0.345 e. The van der Waals surface area contributed by atoms with Crippen molar-refractivity contribution in [1.82, 2.24) is 15.6 Å². The van der Waals surface area contributed by atoms with E-state index < -0.39 is 0 Å². The molecular formula is C28H35N5O3. The van der Waals surface area contributed by atoms with Crippen LogP contribution >= 0.6 is 0 Å². The summed E-state index contributed by atoms with van der Waals surface area (Å²) in [7, 11) is 0. The number of rotatable bonds is 7. The summed E-state index contributed by atoms with van der Waals surface area (Å²) < 4.78 is 0. The Morgan fingerprint density at radius 2 is 1.97 bits per heavy atom. The van der Waals surface area contributed by atoms with Crippen molar-refractivity contribution in [2.45, 2.75) is 70.5 Å². The van der Waals surface area contributed by atoms with Gasteiger partial charge in [-0.15, -0.1) is 0 Å². The predicted octanol–water partition coefficient (Wildman–Crippen LogP) is 3.58. The third-order valence-corrected chi connectivity index (χ3v) is 7.57. The summed E-state index contributed by atoms with van der Waals surface area (Å²) in [5.41, 5.74) is 2.72. The van der Waals surface area contributed by atoms with Crippen LogP contribution in [-0.4, -0.2) is 47.9 Å². The van der Waals surface area contributed by atoms with E-state index in [1.54, 1.807) is 29.4 Å². The van der Waals surface area contributed by atoms with Gasteiger partial charge in [0.05, 0.1) is 24.0 Å². The average Bonchev–Trinajstić information content (AvgIpc) is 3.72. The Balaban J connectivity index is 1.36. The molecule has 5 rings (SSSR count). The van der Waals surface area contributed by atoms with Gasteiger partial charge in [0, 0.05) is 30.0 Å². The molecule has 0 spiro atoms. The van der Waals surface area contributed by atoms with Crippen LogP contribution < -0.4 is 20.4 Å². The van der Waals surface area contributed by atoms with E-state index in [0.29, 0.717) is 28.9 Å². The van der Waals surface area contributed by atoms with Crippen molar-refractivity contribution < 1.29 is 14.4 Å². The van der Waals surface area contributed by atoms with Gasteiger partial charge in [0.15, 0.2) is 0 Å². The van der Waals surface area contributed by atoms with Crippen molar-refractivity contribution in [3.63, 3.8) is 0 Å². The van der Waals surface area contributed by atoms with E-state index in [4.69, 9.17) is 0 Å². The first kappa shape index (κ1) is 24.4. The molecule has 2 saturated carbocycles. The Labute approximate surface area is 212 Å². The highest BCUT2D eigenvalue weighted by Crippen LogP contribution is 2.41. The first-order valence-electron chi connectivity index (χ1n) is 13.1. The van der Waals surface area contributed by atoms with Gasteiger partial charge in [0.2, 0.25) is 11.8 Å². The molecule has 3 amide bonds. The molecule has 2 heterocycles. The highest BCUT2D eigenvalue weighted by molar-refractivity contribution is 6.13. The second-order valence-corrected chi connectivity index (χ2v) is 10.5. The molecule has 3 unspecified atom stereocenters. The number of nitrogens with zero attached hydrogens (tertiary/aromatic N) is 3. The number of pyridine rings is 1. The fourth-order valence-corrected chi connectivity index (χ4v) is 5.41. The molecule has 8 nitrogen and oxygen atoms in total. The third-order valence-electron chi connectivity index (χ3n) is 7.57. The zero-order valence-corrected chi connectivity index (χ0v) is 21.1. The highest BCUT2D eigenvalue weighted by Gasteiger charge is 2.41.